The summed E-state index contributed by atoms with van der Waals surface area (Å²) in [7, 11) is 4.45. The van der Waals surface area contributed by atoms with E-state index >= 15 is 0 Å². The molecular weight excluding hydrogens is 449 g/mol. The fourth-order valence-corrected chi connectivity index (χ4v) is 3.31. The van der Waals surface area contributed by atoms with Crippen LogP contribution >= 0.6 is 0 Å². The molecule has 2 rings (SSSR count). The first-order valence-electron chi connectivity index (χ1n) is 8.96. The van der Waals surface area contributed by atoms with E-state index in [1.165, 1.54) is 38.9 Å². The van der Waals surface area contributed by atoms with Crippen molar-refractivity contribution in [1.29, 1.82) is 0 Å². The van der Waals surface area contributed by atoms with E-state index in [-0.39, 0.29) is 55.0 Å². The van der Waals surface area contributed by atoms with Gasteiger partial charge >= 0.3 is 0 Å². The van der Waals surface area contributed by atoms with Crippen molar-refractivity contribution >= 4 is 0 Å². The fourth-order valence-electron chi connectivity index (χ4n) is 3.31. The maximum atomic E-state index is 7.00. The van der Waals surface area contributed by atoms with E-state index in [1.54, 1.807) is 14.2 Å². The summed E-state index contributed by atoms with van der Waals surface area (Å²) in [6, 6.07) is 6.48. The molecule has 0 bridgehead atoms. The van der Waals surface area contributed by atoms with E-state index in [9.17, 15) is 0 Å². The van der Waals surface area contributed by atoms with Crippen LogP contribution in [0.15, 0.2) is 18.2 Å². The van der Waals surface area contributed by atoms with Crippen LogP contribution in [0.5, 0.6) is 11.5 Å². The van der Waals surface area contributed by atoms with Gasteiger partial charge < -0.3 is 22.0 Å². The number of aliphatic hydroxyl groups is 1. The van der Waals surface area contributed by atoms with Crippen LogP contribution in [0.2, 0.25) is 0 Å². The van der Waals surface area contributed by atoms with Gasteiger partial charge in [-0.2, -0.15) is 0 Å². The predicted octanol–water partition coefficient (Wildman–Crippen LogP) is 7.13. The second-order valence-corrected chi connectivity index (χ2v) is 6.42. The van der Waals surface area contributed by atoms with E-state index in [0.29, 0.717) is 0 Å². The summed E-state index contributed by atoms with van der Waals surface area (Å²) in [5.41, 5.74) is 9.03. The van der Waals surface area contributed by atoms with Crippen LogP contribution in [0.3, 0.4) is 0 Å². The van der Waals surface area contributed by atoms with E-state index in [2.05, 4.69) is 66.7 Å². The zero-order chi connectivity index (χ0) is 20.4. The average Bonchev–Trinajstić information content (AvgIpc) is 2.60. The van der Waals surface area contributed by atoms with Crippen LogP contribution in [0.1, 0.15) is 60.7 Å². The molecule has 0 atom stereocenters. The van der Waals surface area contributed by atoms with E-state index in [4.69, 9.17) is 14.6 Å². The Bertz CT molecular complexity index is 687. The minimum absolute atomic E-state index is 0. The molecule has 0 aromatic heterocycles. The van der Waals surface area contributed by atoms with Crippen LogP contribution in [0.4, 0.5) is 0 Å². The van der Waals surface area contributed by atoms with Gasteiger partial charge in [-0.05, 0) is 81.3 Å². The standard InChI is InChI=1S/C12H18O.C10H14O.CH4O.2CH4.CH3.Y/c1-6-11-7-8(2)12(13-5)10(4)9(11)3;1-7-5-8(2)10(11-4)9(3)6-7;1-2;;;;/h7H,6H2,1-5H3;5-6H,1-4H3;2H,1H3;2*1H4;1H3;/q;;;;;-1;. The number of aryl methyl sites for hydroxylation is 5. The topological polar surface area (TPSA) is 38.7 Å². The molecule has 2 aromatic rings. The minimum Gasteiger partial charge on any atom is -0.496 e. The molecule has 1 N–H and O–H groups in total. The molecule has 1 radical (unpaired) electrons. The van der Waals surface area contributed by atoms with Gasteiger partial charge in [0.25, 0.3) is 0 Å². The Kier molecular flexibility index (Phi) is 26.4. The van der Waals surface area contributed by atoms with Gasteiger partial charge in [-0.25, -0.2) is 0 Å². The van der Waals surface area contributed by atoms with Crippen LogP contribution in [-0.4, -0.2) is 26.4 Å². The number of ether oxygens (including phenoxy) is 2. The average molecular weight is 497 g/mol. The molecule has 0 aliphatic heterocycles. The molecule has 0 spiro atoms. The Morgan fingerprint density at radius 3 is 1.40 bits per heavy atom. The molecule has 0 saturated carbocycles. The Labute approximate surface area is 213 Å². The largest absolute Gasteiger partial charge is 0.496 e. The van der Waals surface area contributed by atoms with E-state index < -0.39 is 0 Å². The molecular formula is C26H47O3Y-. The Morgan fingerprint density at radius 1 is 0.700 bits per heavy atom. The molecule has 0 aliphatic rings. The van der Waals surface area contributed by atoms with Gasteiger partial charge in [0.15, 0.2) is 0 Å². The summed E-state index contributed by atoms with van der Waals surface area (Å²) in [5, 5.41) is 7.00. The molecule has 0 amide bonds. The third-order valence-electron chi connectivity index (χ3n) is 4.53. The molecule has 30 heavy (non-hydrogen) atoms. The monoisotopic (exact) mass is 496 g/mol. The molecule has 0 unspecified atom stereocenters. The zero-order valence-corrected chi connectivity index (χ0v) is 22.6. The summed E-state index contributed by atoms with van der Waals surface area (Å²) in [6.45, 7) is 14.8. The Hall–Kier alpha value is -0.896. The third-order valence-corrected chi connectivity index (χ3v) is 4.53. The van der Waals surface area contributed by atoms with Gasteiger partial charge in [-0.15, -0.1) is 0 Å². The van der Waals surface area contributed by atoms with Crippen molar-refractivity contribution in [3.8, 4) is 11.5 Å². The fraction of sp³-hybridized carbons (Fsp3) is 0.500. The summed E-state index contributed by atoms with van der Waals surface area (Å²) >= 11 is 0. The summed E-state index contributed by atoms with van der Waals surface area (Å²) in [5.74, 6) is 2.05. The van der Waals surface area contributed by atoms with Crippen molar-refractivity contribution in [3.05, 3.63) is 64.6 Å². The van der Waals surface area contributed by atoms with Crippen molar-refractivity contribution in [2.24, 2.45) is 0 Å². The van der Waals surface area contributed by atoms with Crippen LogP contribution in [0.25, 0.3) is 0 Å². The number of aliphatic hydroxyl groups excluding tert-OH is 1. The number of hydrogen-bond donors (Lipinski definition) is 1. The van der Waals surface area contributed by atoms with Crippen molar-refractivity contribution in [3.63, 3.8) is 0 Å². The van der Waals surface area contributed by atoms with Crippen molar-refractivity contribution in [2.45, 2.75) is 69.7 Å². The van der Waals surface area contributed by atoms with Gasteiger partial charge in [-0.1, -0.05) is 45.5 Å². The second kappa shape index (κ2) is 20.0. The SMILES string of the molecule is C.C.CCc1cc(C)c(OC)c(C)c1C.CO.COc1c(C)cc(C)cc1C.[CH3-].[Y]. The molecule has 0 aliphatic carbocycles. The van der Waals surface area contributed by atoms with E-state index in [1.807, 2.05) is 0 Å². The summed E-state index contributed by atoms with van der Waals surface area (Å²) < 4.78 is 10.6. The van der Waals surface area contributed by atoms with Crippen molar-refractivity contribution < 1.29 is 47.3 Å². The van der Waals surface area contributed by atoms with Gasteiger partial charge in [0.2, 0.25) is 0 Å². The van der Waals surface area contributed by atoms with Crippen LogP contribution < -0.4 is 9.47 Å². The molecule has 3 nitrogen and oxygen atoms in total. The molecule has 2 aromatic carbocycles. The van der Waals surface area contributed by atoms with E-state index in [0.717, 1.165) is 25.0 Å². The number of benzene rings is 2. The first-order valence-corrected chi connectivity index (χ1v) is 8.96. The second-order valence-electron chi connectivity index (χ2n) is 6.42. The normalized spacial score (nSPS) is 8.23. The smallest absolute Gasteiger partial charge is 0.124 e. The molecule has 0 fully saturated rings. The van der Waals surface area contributed by atoms with Crippen LogP contribution in [0, 0.1) is 49.0 Å². The third kappa shape index (κ3) is 10.9. The number of rotatable bonds is 3. The number of hydrogen-bond acceptors (Lipinski definition) is 3. The molecule has 0 heterocycles. The maximum Gasteiger partial charge on any atom is 0.124 e. The minimum atomic E-state index is 0. The van der Waals surface area contributed by atoms with Crippen molar-refractivity contribution in [1.82, 2.24) is 0 Å². The zero-order valence-electron chi connectivity index (χ0n) is 19.8. The first kappa shape index (κ1) is 39.6. The Morgan fingerprint density at radius 2 is 1.07 bits per heavy atom. The quantitative estimate of drug-likeness (QED) is 0.460. The first-order chi connectivity index (χ1) is 12.3. The summed E-state index contributed by atoms with van der Waals surface area (Å²) in [4.78, 5) is 0. The van der Waals surface area contributed by atoms with Crippen LogP contribution in [-0.2, 0) is 39.1 Å². The summed E-state index contributed by atoms with van der Waals surface area (Å²) in [6.07, 6.45) is 1.09. The maximum absolute atomic E-state index is 7.00. The van der Waals surface area contributed by atoms with Gasteiger partial charge in [0, 0.05) is 39.8 Å². The molecule has 0 saturated heterocycles. The molecule has 4 heteroatoms. The molecule has 173 valence electrons. The number of methoxy groups -OCH3 is 2. The predicted molar refractivity (Wildman–Crippen MR) is 132 cm³/mol. The van der Waals surface area contributed by atoms with Gasteiger partial charge in [0.1, 0.15) is 11.5 Å². The Balaban J connectivity index is -0.000000115. The van der Waals surface area contributed by atoms with Gasteiger partial charge in [-0.3, -0.25) is 0 Å². The van der Waals surface area contributed by atoms with Gasteiger partial charge in [0.05, 0.1) is 14.2 Å². The van der Waals surface area contributed by atoms with Crippen molar-refractivity contribution in [2.75, 3.05) is 21.3 Å².